The zero-order chi connectivity index (χ0) is 26.0. The van der Waals surface area contributed by atoms with E-state index in [2.05, 4.69) is 25.5 Å². The molecule has 0 aliphatic carbocycles. The number of aromatic nitrogens is 3. The number of pyridine rings is 1. The van der Waals surface area contributed by atoms with E-state index in [1.54, 1.807) is 20.4 Å². The lowest BCUT2D eigenvalue weighted by Gasteiger charge is -2.33. The summed E-state index contributed by atoms with van der Waals surface area (Å²) in [4.78, 5) is 15.9. The van der Waals surface area contributed by atoms with Crippen LogP contribution in [0.5, 0.6) is 5.88 Å². The average molecular weight is 543 g/mol. The summed E-state index contributed by atoms with van der Waals surface area (Å²) in [5.74, 6) is 2.02. The molecule has 1 aromatic carbocycles. The quantitative estimate of drug-likeness (QED) is 0.379. The summed E-state index contributed by atoms with van der Waals surface area (Å²) < 4.78 is 24.5. The predicted octanol–water partition coefficient (Wildman–Crippen LogP) is 5.42. The lowest BCUT2D eigenvalue weighted by molar-refractivity contribution is -0.0622. The molecule has 1 atom stereocenters. The van der Waals surface area contributed by atoms with Crippen LogP contribution in [0.3, 0.4) is 0 Å². The molecule has 2 fully saturated rings. The van der Waals surface area contributed by atoms with Crippen molar-refractivity contribution in [3.63, 3.8) is 0 Å². The second-order valence-electron chi connectivity index (χ2n) is 9.89. The highest BCUT2D eigenvalue weighted by molar-refractivity contribution is 7.70. The normalized spacial score (nSPS) is 19.7. The van der Waals surface area contributed by atoms with Crippen LogP contribution in [0.25, 0.3) is 0 Å². The van der Waals surface area contributed by atoms with Crippen LogP contribution in [-0.2, 0) is 9.30 Å². The van der Waals surface area contributed by atoms with E-state index < -0.39 is 7.14 Å². The topological polar surface area (TPSA) is 102 Å². The van der Waals surface area contributed by atoms with Crippen LogP contribution in [0.1, 0.15) is 25.7 Å². The first-order valence-electron chi connectivity index (χ1n) is 12.4. The van der Waals surface area contributed by atoms with E-state index in [1.165, 1.54) is 12.6 Å². The zero-order valence-electron chi connectivity index (χ0n) is 21.3. The van der Waals surface area contributed by atoms with Crippen molar-refractivity contribution in [1.29, 1.82) is 0 Å². The molecule has 5 rings (SSSR count). The van der Waals surface area contributed by atoms with Crippen molar-refractivity contribution < 1.29 is 14.0 Å². The van der Waals surface area contributed by atoms with Gasteiger partial charge in [-0.3, -0.25) is 0 Å². The molecular formula is C26H32ClN6O3P. The van der Waals surface area contributed by atoms with E-state index >= 15 is 0 Å². The number of anilines is 5. The number of rotatable bonds is 7. The Bertz CT molecular complexity index is 1330. The third-order valence-electron chi connectivity index (χ3n) is 6.84. The van der Waals surface area contributed by atoms with E-state index in [1.807, 2.05) is 36.4 Å². The molecule has 9 nitrogen and oxygen atoms in total. The summed E-state index contributed by atoms with van der Waals surface area (Å²) in [7, 11) is -0.921. The van der Waals surface area contributed by atoms with Crippen molar-refractivity contribution in [1.82, 2.24) is 15.0 Å². The molecule has 2 saturated heterocycles. The number of ether oxygens (including phenoxy) is 2. The molecular weight excluding hydrogens is 511 g/mol. The van der Waals surface area contributed by atoms with Crippen LogP contribution in [0.4, 0.5) is 29.0 Å². The maximum atomic E-state index is 12.8. The highest BCUT2D eigenvalue weighted by Crippen LogP contribution is 2.39. The SMILES string of the molecule is COc1nc(N2CCC3(CCCCO3)C2)ccc1Nc1ncc(Cl)c(Nc2ccccc2P(C)(C)=O)n1. The summed E-state index contributed by atoms with van der Waals surface area (Å²) in [5.41, 5.74) is 1.28. The molecule has 0 saturated carbocycles. The van der Waals surface area contributed by atoms with Crippen LogP contribution >= 0.6 is 18.7 Å². The zero-order valence-corrected chi connectivity index (χ0v) is 23.0. The van der Waals surface area contributed by atoms with Gasteiger partial charge in [0.15, 0.2) is 5.82 Å². The molecule has 2 N–H and O–H groups in total. The number of hydrogen-bond acceptors (Lipinski definition) is 9. The number of nitrogens with one attached hydrogen (secondary N) is 2. The van der Waals surface area contributed by atoms with Crippen molar-refractivity contribution in [2.75, 3.05) is 55.7 Å². The molecule has 1 unspecified atom stereocenters. The third-order valence-corrected chi connectivity index (χ3v) is 8.67. The smallest absolute Gasteiger partial charge is 0.239 e. The Kier molecular flexibility index (Phi) is 7.30. The average Bonchev–Trinajstić information content (AvgIpc) is 3.29. The van der Waals surface area contributed by atoms with Crippen molar-refractivity contribution in [2.45, 2.75) is 31.3 Å². The maximum Gasteiger partial charge on any atom is 0.239 e. The fraction of sp³-hybridized carbons (Fsp3) is 0.423. The molecule has 1 spiro atoms. The van der Waals surface area contributed by atoms with Crippen molar-refractivity contribution in [2.24, 2.45) is 0 Å². The van der Waals surface area contributed by atoms with Crippen LogP contribution < -0.4 is 25.6 Å². The van der Waals surface area contributed by atoms with Crippen LogP contribution in [0.2, 0.25) is 5.02 Å². The van der Waals surface area contributed by atoms with E-state index in [4.69, 9.17) is 26.1 Å². The van der Waals surface area contributed by atoms with Gasteiger partial charge >= 0.3 is 0 Å². The van der Waals surface area contributed by atoms with Gasteiger partial charge in [-0.15, -0.1) is 0 Å². The van der Waals surface area contributed by atoms with Crippen LogP contribution in [0.15, 0.2) is 42.6 Å². The van der Waals surface area contributed by atoms with Gasteiger partial charge in [0.05, 0.1) is 24.6 Å². The summed E-state index contributed by atoms with van der Waals surface area (Å²) in [5, 5.41) is 7.47. The number of methoxy groups -OCH3 is 1. The Hall–Kier alpha value is -2.87. The van der Waals surface area contributed by atoms with E-state index in [9.17, 15) is 4.57 Å². The molecule has 0 bridgehead atoms. The Morgan fingerprint density at radius 2 is 1.92 bits per heavy atom. The number of para-hydroxylation sites is 1. The van der Waals surface area contributed by atoms with Crippen molar-refractivity contribution in [3.8, 4) is 5.88 Å². The molecule has 0 radical (unpaired) electrons. The van der Waals surface area contributed by atoms with Gasteiger partial charge in [-0.2, -0.15) is 9.97 Å². The lowest BCUT2D eigenvalue weighted by Crippen LogP contribution is -2.39. The minimum absolute atomic E-state index is 0.0491. The summed E-state index contributed by atoms with van der Waals surface area (Å²) in [6.07, 6.45) is 5.99. The number of benzene rings is 1. The third kappa shape index (κ3) is 5.69. The molecule has 2 aromatic heterocycles. The molecule has 11 heteroatoms. The first-order chi connectivity index (χ1) is 17.8. The Morgan fingerprint density at radius 1 is 1.08 bits per heavy atom. The molecule has 2 aliphatic rings. The predicted molar refractivity (Wildman–Crippen MR) is 149 cm³/mol. The Labute approximate surface area is 222 Å². The molecule has 37 heavy (non-hydrogen) atoms. The van der Waals surface area contributed by atoms with Crippen molar-refractivity contribution >= 4 is 53.0 Å². The van der Waals surface area contributed by atoms with Gasteiger partial charge in [0.25, 0.3) is 0 Å². The van der Waals surface area contributed by atoms with Gasteiger partial charge in [0.2, 0.25) is 11.8 Å². The summed E-state index contributed by atoms with van der Waals surface area (Å²) in [6.45, 7) is 6.05. The van der Waals surface area contributed by atoms with Gasteiger partial charge in [0.1, 0.15) is 23.7 Å². The molecule has 196 valence electrons. The second kappa shape index (κ2) is 10.5. The molecule has 2 aliphatic heterocycles. The molecule has 0 amide bonds. The maximum absolute atomic E-state index is 12.8. The molecule has 3 aromatic rings. The number of halogens is 1. The monoisotopic (exact) mass is 542 g/mol. The summed E-state index contributed by atoms with van der Waals surface area (Å²) >= 11 is 6.39. The van der Waals surface area contributed by atoms with Gasteiger partial charge in [0, 0.05) is 25.0 Å². The van der Waals surface area contributed by atoms with Crippen LogP contribution in [-0.4, -0.2) is 60.7 Å². The minimum atomic E-state index is -2.51. The second-order valence-corrected chi connectivity index (χ2v) is 13.5. The minimum Gasteiger partial charge on any atom is -0.479 e. The highest BCUT2D eigenvalue weighted by Gasteiger charge is 2.40. The lowest BCUT2D eigenvalue weighted by atomic mass is 9.93. The number of hydrogen-bond donors (Lipinski definition) is 2. The summed E-state index contributed by atoms with van der Waals surface area (Å²) in [6, 6.07) is 11.3. The first kappa shape index (κ1) is 25.8. The van der Waals surface area contributed by atoms with E-state index in [-0.39, 0.29) is 5.60 Å². The van der Waals surface area contributed by atoms with Crippen molar-refractivity contribution in [3.05, 3.63) is 47.6 Å². The van der Waals surface area contributed by atoms with Gasteiger partial charge < -0.3 is 29.6 Å². The Balaban J connectivity index is 1.35. The van der Waals surface area contributed by atoms with E-state index in [0.717, 1.165) is 50.1 Å². The highest BCUT2D eigenvalue weighted by atomic mass is 35.5. The van der Waals surface area contributed by atoms with Crippen LogP contribution in [0, 0.1) is 0 Å². The Morgan fingerprint density at radius 3 is 2.68 bits per heavy atom. The fourth-order valence-corrected chi connectivity index (χ4v) is 6.24. The number of nitrogens with zero attached hydrogens (tertiary/aromatic N) is 4. The molecule has 4 heterocycles. The first-order valence-corrected chi connectivity index (χ1v) is 15.4. The largest absolute Gasteiger partial charge is 0.479 e. The van der Waals surface area contributed by atoms with Gasteiger partial charge in [-0.25, -0.2) is 4.98 Å². The van der Waals surface area contributed by atoms with E-state index in [0.29, 0.717) is 34.0 Å². The van der Waals surface area contributed by atoms with Gasteiger partial charge in [-0.1, -0.05) is 23.7 Å². The fourth-order valence-electron chi connectivity index (χ4n) is 4.94. The van der Waals surface area contributed by atoms with Gasteiger partial charge in [-0.05, 0) is 63.3 Å². The standard InChI is InChI=1S/C26H32ClN6O3P/c1-35-24-20(10-11-22(31-24)33-14-13-26(17-33)12-6-7-15-36-26)30-25-28-16-18(27)23(32-25)29-19-8-4-5-9-21(19)37(2,3)34/h4-5,8-11,16H,6-7,12-15,17H2,1-3H3,(H2,28,29,30,32).